The van der Waals surface area contributed by atoms with Crippen LogP contribution in [0.1, 0.15) is 36.8 Å². The van der Waals surface area contributed by atoms with Crippen molar-refractivity contribution in [1.29, 1.82) is 0 Å². The molecule has 2 aliphatic heterocycles. The molecule has 1 amide bonds. The van der Waals surface area contributed by atoms with Gasteiger partial charge >= 0.3 is 0 Å². The first kappa shape index (κ1) is 18.2. The number of ether oxygens (including phenoxy) is 2. The van der Waals surface area contributed by atoms with E-state index < -0.39 is 5.60 Å². The average Bonchev–Trinajstić information content (AvgIpc) is 2.65. The minimum absolute atomic E-state index is 0.155. The lowest BCUT2D eigenvalue weighted by atomic mass is 9.89. The number of nitrogens with zero attached hydrogens (tertiary/aromatic N) is 1. The number of likely N-dealkylation sites (tertiary alicyclic amines) is 1. The largest absolute Gasteiger partial charge is 0.490 e. The highest BCUT2D eigenvalue weighted by Crippen LogP contribution is 2.29. The van der Waals surface area contributed by atoms with E-state index in [1.54, 1.807) is 7.11 Å². The predicted molar refractivity (Wildman–Crippen MR) is 98.0 cm³/mol. The lowest BCUT2D eigenvalue weighted by molar-refractivity contribution is -0.160. The van der Waals surface area contributed by atoms with E-state index in [2.05, 4.69) is 37.4 Å². The third-order valence-electron chi connectivity index (χ3n) is 5.61. The van der Waals surface area contributed by atoms with E-state index in [4.69, 9.17) is 9.47 Å². The van der Waals surface area contributed by atoms with Crippen molar-refractivity contribution in [1.82, 2.24) is 10.2 Å². The van der Waals surface area contributed by atoms with Crippen LogP contribution in [0, 0.1) is 13.8 Å². The second-order valence-corrected chi connectivity index (χ2v) is 7.28. The van der Waals surface area contributed by atoms with Crippen LogP contribution >= 0.6 is 0 Å². The van der Waals surface area contributed by atoms with Crippen molar-refractivity contribution in [2.75, 3.05) is 33.3 Å². The summed E-state index contributed by atoms with van der Waals surface area (Å²) in [5.41, 5.74) is 1.71. The number of carbonyl (C=O) groups is 1. The summed E-state index contributed by atoms with van der Waals surface area (Å²) in [7, 11) is 1.67. The van der Waals surface area contributed by atoms with Crippen LogP contribution in [0.25, 0.3) is 0 Å². The molecule has 2 saturated heterocycles. The molecule has 25 heavy (non-hydrogen) atoms. The summed E-state index contributed by atoms with van der Waals surface area (Å²) in [5, 5.41) is 3.31. The lowest BCUT2D eigenvalue weighted by Crippen LogP contribution is -2.57. The summed E-state index contributed by atoms with van der Waals surface area (Å²) in [4.78, 5) is 15.0. The maximum absolute atomic E-state index is 13.0. The first-order valence-corrected chi connectivity index (χ1v) is 9.34. The van der Waals surface area contributed by atoms with Gasteiger partial charge in [-0.2, -0.15) is 0 Å². The number of hydrogen-bond donors (Lipinski definition) is 1. The quantitative estimate of drug-likeness (QED) is 0.910. The maximum Gasteiger partial charge on any atom is 0.254 e. The zero-order valence-corrected chi connectivity index (χ0v) is 15.6. The van der Waals surface area contributed by atoms with Gasteiger partial charge in [-0.05, 0) is 50.9 Å². The predicted octanol–water partition coefficient (Wildman–Crippen LogP) is 2.44. The highest BCUT2D eigenvalue weighted by molar-refractivity contribution is 5.85. The van der Waals surface area contributed by atoms with Gasteiger partial charge in [0, 0.05) is 33.0 Å². The fourth-order valence-corrected chi connectivity index (χ4v) is 3.95. The Bertz CT molecular complexity index is 583. The Morgan fingerprint density at radius 1 is 1.16 bits per heavy atom. The van der Waals surface area contributed by atoms with Crippen molar-refractivity contribution in [3.63, 3.8) is 0 Å². The highest BCUT2D eigenvalue weighted by atomic mass is 16.5. The van der Waals surface area contributed by atoms with Gasteiger partial charge < -0.3 is 19.7 Å². The van der Waals surface area contributed by atoms with Crippen LogP contribution in [-0.4, -0.2) is 55.8 Å². The molecule has 1 aromatic rings. The molecule has 2 heterocycles. The number of amides is 1. The van der Waals surface area contributed by atoms with E-state index in [1.807, 2.05) is 4.90 Å². The number of nitrogens with one attached hydrogen (secondary N) is 1. The first-order valence-electron chi connectivity index (χ1n) is 9.34. The lowest BCUT2D eigenvalue weighted by Gasteiger charge is -2.41. The molecule has 0 atom stereocenters. The van der Waals surface area contributed by atoms with Gasteiger partial charge in [0.15, 0.2) is 0 Å². The van der Waals surface area contributed by atoms with Crippen LogP contribution in [0.2, 0.25) is 0 Å². The third-order valence-corrected chi connectivity index (χ3v) is 5.61. The number of piperidine rings is 2. The molecule has 3 rings (SSSR count). The van der Waals surface area contributed by atoms with E-state index in [0.29, 0.717) is 0 Å². The fourth-order valence-electron chi connectivity index (χ4n) is 3.95. The summed E-state index contributed by atoms with van der Waals surface area (Å²) in [6, 6.07) is 6.23. The monoisotopic (exact) mass is 346 g/mol. The van der Waals surface area contributed by atoms with Crippen molar-refractivity contribution < 1.29 is 14.3 Å². The Morgan fingerprint density at radius 3 is 2.32 bits per heavy atom. The Balaban J connectivity index is 1.59. The molecule has 0 radical (unpaired) electrons. The van der Waals surface area contributed by atoms with E-state index in [9.17, 15) is 4.79 Å². The number of methoxy groups -OCH3 is 1. The Hall–Kier alpha value is -1.59. The van der Waals surface area contributed by atoms with Crippen LogP contribution in [0.3, 0.4) is 0 Å². The number of benzene rings is 1. The topological polar surface area (TPSA) is 50.8 Å². The Kier molecular flexibility index (Phi) is 5.64. The molecule has 1 N–H and O–H groups in total. The molecule has 0 saturated carbocycles. The molecule has 0 aromatic heterocycles. The molecule has 5 nitrogen and oxygen atoms in total. The normalized spacial score (nSPS) is 21.2. The molecule has 0 bridgehead atoms. The van der Waals surface area contributed by atoms with E-state index in [1.165, 1.54) is 11.1 Å². The molecular weight excluding hydrogens is 316 g/mol. The second-order valence-electron chi connectivity index (χ2n) is 7.28. The van der Waals surface area contributed by atoms with Gasteiger partial charge in [-0.25, -0.2) is 0 Å². The first-order chi connectivity index (χ1) is 12.1. The number of hydrogen-bond acceptors (Lipinski definition) is 4. The van der Waals surface area contributed by atoms with Crippen LogP contribution < -0.4 is 10.1 Å². The van der Waals surface area contributed by atoms with Crippen molar-refractivity contribution in [2.45, 2.75) is 51.2 Å². The molecule has 2 fully saturated rings. The zero-order chi connectivity index (χ0) is 17.9. The number of rotatable bonds is 4. The van der Waals surface area contributed by atoms with Gasteiger partial charge in [0.1, 0.15) is 17.5 Å². The molecule has 0 aliphatic carbocycles. The third kappa shape index (κ3) is 3.82. The minimum Gasteiger partial charge on any atom is -0.490 e. The van der Waals surface area contributed by atoms with Crippen LogP contribution in [-0.2, 0) is 9.53 Å². The van der Waals surface area contributed by atoms with Crippen LogP contribution in [0.5, 0.6) is 5.75 Å². The van der Waals surface area contributed by atoms with Gasteiger partial charge in [-0.15, -0.1) is 0 Å². The highest BCUT2D eigenvalue weighted by Gasteiger charge is 2.43. The van der Waals surface area contributed by atoms with Crippen molar-refractivity contribution in [3.8, 4) is 5.75 Å². The van der Waals surface area contributed by atoms with E-state index in [-0.39, 0.29) is 12.0 Å². The van der Waals surface area contributed by atoms with Crippen molar-refractivity contribution in [3.05, 3.63) is 29.3 Å². The molecule has 1 aromatic carbocycles. The molecule has 5 heteroatoms. The smallest absolute Gasteiger partial charge is 0.254 e. The summed E-state index contributed by atoms with van der Waals surface area (Å²) in [5.74, 6) is 1.15. The van der Waals surface area contributed by atoms with Crippen molar-refractivity contribution >= 4 is 5.91 Å². The van der Waals surface area contributed by atoms with Crippen LogP contribution in [0.4, 0.5) is 0 Å². The zero-order valence-electron chi connectivity index (χ0n) is 15.6. The van der Waals surface area contributed by atoms with Gasteiger partial charge in [0.25, 0.3) is 5.91 Å². The van der Waals surface area contributed by atoms with Gasteiger partial charge in [-0.3, -0.25) is 4.79 Å². The van der Waals surface area contributed by atoms with Crippen LogP contribution in [0.15, 0.2) is 18.2 Å². The van der Waals surface area contributed by atoms with Gasteiger partial charge in [0.05, 0.1) is 0 Å². The molecule has 138 valence electrons. The van der Waals surface area contributed by atoms with Crippen molar-refractivity contribution in [2.24, 2.45) is 0 Å². The Morgan fingerprint density at radius 2 is 1.76 bits per heavy atom. The maximum atomic E-state index is 13.0. The number of aryl methyl sites for hydroxylation is 2. The van der Waals surface area contributed by atoms with E-state index >= 15 is 0 Å². The number of carbonyl (C=O) groups excluding carboxylic acids is 1. The summed E-state index contributed by atoms with van der Waals surface area (Å²) in [6.07, 6.45) is 3.42. The molecule has 0 spiro atoms. The van der Waals surface area contributed by atoms with Gasteiger partial charge in [0.2, 0.25) is 0 Å². The fraction of sp³-hybridized carbons (Fsp3) is 0.650. The average molecular weight is 346 g/mol. The van der Waals surface area contributed by atoms with E-state index in [0.717, 1.165) is 57.6 Å². The summed E-state index contributed by atoms with van der Waals surface area (Å²) in [6.45, 7) is 7.33. The molecule has 0 unspecified atom stereocenters. The SMILES string of the molecule is COC1(C(=O)N2CCC(Oc3c(C)cccc3C)CC2)CCNCC1. The molecule has 2 aliphatic rings. The summed E-state index contributed by atoms with van der Waals surface area (Å²) < 4.78 is 11.9. The minimum atomic E-state index is -0.633. The summed E-state index contributed by atoms with van der Waals surface area (Å²) >= 11 is 0. The second kappa shape index (κ2) is 7.75. The number of para-hydroxylation sites is 1. The van der Waals surface area contributed by atoms with Gasteiger partial charge in [-0.1, -0.05) is 18.2 Å². The Labute approximate surface area is 150 Å². The standard InChI is InChI=1S/C20H30N2O3/c1-15-5-4-6-16(2)18(15)25-17-7-13-22(14-8-17)19(23)20(24-3)9-11-21-12-10-20/h4-6,17,21H,7-14H2,1-3H3. The molecular formula is C20H30N2O3.